The average Bonchev–Trinajstić information content (AvgIpc) is 3.07. The molecule has 0 radical (unpaired) electrons. The molecular weight excluding hydrogens is 447 g/mol. The van der Waals surface area contributed by atoms with E-state index in [9.17, 15) is 14.9 Å². The molecule has 1 aromatic carbocycles. The van der Waals surface area contributed by atoms with Crippen molar-refractivity contribution in [2.24, 2.45) is 0 Å². The Morgan fingerprint density at radius 2 is 2.03 bits per heavy atom. The largest absolute Gasteiger partial charge is 0.492 e. The van der Waals surface area contributed by atoms with Crippen molar-refractivity contribution < 1.29 is 19.1 Å². The minimum atomic E-state index is -0.498. The van der Waals surface area contributed by atoms with Gasteiger partial charge in [0.2, 0.25) is 0 Å². The predicted octanol–water partition coefficient (Wildman–Crippen LogP) is 5.15. The quantitative estimate of drug-likeness (QED) is 0.429. The summed E-state index contributed by atoms with van der Waals surface area (Å²) in [6.07, 6.45) is 4.46. The second-order valence-corrected chi connectivity index (χ2v) is 8.71. The van der Waals surface area contributed by atoms with Crippen molar-refractivity contribution in [2.75, 3.05) is 18.5 Å². The smallest absolute Gasteiger partial charge is 0.306 e. The molecule has 6 nitrogen and oxygen atoms in total. The van der Waals surface area contributed by atoms with E-state index in [1.54, 1.807) is 18.2 Å². The average molecular weight is 467 g/mol. The number of esters is 1. The van der Waals surface area contributed by atoms with Gasteiger partial charge in [-0.3, -0.25) is 9.59 Å². The zero-order valence-corrected chi connectivity index (χ0v) is 18.5. The lowest BCUT2D eigenvalue weighted by Crippen LogP contribution is -2.21. The molecule has 1 heterocycles. The van der Waals surface area contributed by atoms with Crippen LogP contribution >= 0.6 is 34.5 Å². The molecule has 158 valence electrons. The summed E-state index contributed by atoms with van der Waals surface area (Å²) >= 11 is 13.3. The highest BCUT2D eigenvalue weighted by Crippen LogP contribution is 2.37. The Morgan fingerprint density at radius 3 is 2.80 bits per heavy atom. The topological polar surface area (TPSA) is 88.4 Å². The standard InChI is InChI=1S/C21H20Cl2N2O4S/c22-13-7-8-17(16(23)10-13)28-9-3-6-20(27)29-12-19(26)25-21-15(11-24)14-4-1-2-5-18(14)30-21/h7-8,10H,1-6,9,12H2,(H,25,26). The van der Waals surface area contributed by atoms with Crippen LogP contribution in [0.1, 0.15) is 41.7 Å². The highest BCUT2D eigenvalue weighted by molar-refractivity contribution is 7.16. The third-order valence-corrected chi connectivity index (χ3v) is 6.31. The first-order chi connectivity index (χ1) is 14.5. The highest BCUT2D eigenvalue weighted by atomic mass is 35.5. The number of nitrogens with zero attached hydrogens (tertiary/aromatic N) is 1. The molecule has 2 aromatic rings. The summed E-state index contributed by atoms with van der Waals surface area (Å²) in [5.41, 5.74) is 1.58. The molecule has 0 aliphatic heterocycles. The van der Waals surface area contributed by atoms with Crippen molar-refractivity contribution in [1.29, 1.82) is 5.26 Å². The summed E-state index contributed by atoms with van der Waals surface area (Å²) in [5, 5.41) is 13.6. The van der Waals surface area contributed by atoms with Gasteiger partial charge in [-0.05, 0) is 55.9 Å². The van der Waals surface area contributed by atoms with Gasteiger partial charge < -0.3 is 14.8 Å². The predicted molar refractivity (Wildman–Crippen MR) is 116 cm³/mol. The molecule has 0 saturated heterocycles. The summed E-state index contributed by atoms with van der Waals surface area (Å²) in [7, 11) is 0. The number of amides is 1. The number of ether oxygens (including phenoxy) is 2. The van der Waals surface area contributed by atoms with E-state index in [0.717, 1.165) is 36.1 Å². The number of rotatable bonds is 8. The minimum absolute atomic E-state index is 0.106. The first kappa shape index (κ1) is 22.4. The van der Waals surface area contributed by atoms with Gasteiger partial charge in [-0.2, -0.15) is 5.26 Å². The van der Waals surface area contributed by atoms with E-state index in [1.807, 2.05) is 0 Å². The zero-order chi connectivity index (χ0) is 21.5. The maximum absolute atomic E-state index is 12.1. The van der Waals surface area contributed by atoms with Crippen molar-refractivity contribution in [3.8, 4) is 11.8 Å². The van der Waals surface area contributed by atoms with Gasteiger partial charge in [-0.15, -0.1) is 11.3 Å². The number of benzene rings is 1. The third-order valence-electron chi connectivity index (χ3n) is 4.58. The molecule has 9 heteroatoms. The lowest BCUT2D eigenvalue weighted by atomic mass is 9.96. The number of nitriles is 1. The molecule has 0 fully saturated rings. The molecule has 3 rings (SSSR count). The fourth-order valence-electron chi connectivity index (χ4n) is 3.14. The second kappa shape index (κ2) is 10.7. The van der Waals surface area contributed by atoms with Gasteiger partial charge >= 0.3 is 5.97 Å². The van der Waals surface area contributed by atoms with E-state index >= 15 is 0 Å². The number of nitrogens with one attached hydrogen (secondary N) is 1. The van der Waals surface area contributed by atoms with Gasteiger partial charge in [-0.1, -0.05) is 23.2 Å². The lowest BCUT2D eigenvalue weighted by Gasteiger charge is -2.09. The summed E-state index contributed by atoms with van der Waals surface area (Å²) in [6.45, 7) is -0.120. The first-order valence-electron chi connectivity index (χ1n) is 9.56. The SMILES string of the molecule is N#Cc1c(NC(=O)COC(=O)CCCOc2ccc(Cl)cc2Cl)sc2c1CCCC2. The zero-order valence-electron chi connectivity index (χ0n) is 16.1. The van der Waals surface area contributed by atoms with Crippen LogP contribution in [0.5, 0.6) is 5.75 Å². The molecule has 1 aliphatic rings. The molecule has 1 aromatic heterocycles. The van der Waals surface area contributed by atoms with Crippen LogP contribution in [0.3, 0.4) is 0 Å². The second-order valence-electron chi connectivity index (χ2n) is 6.76. The summed E-state index contributed by atoms with van der Waals surface area (Å²) < 4.78 is 10.5. The Kier molecular flexibility index (Phi) is 7.97. The van der Waals surface area contributed by atoms with Crippen molar-refractivity contribution >= 4 is 51.4 Å². The number of hydrogen-bond donors (Lipinski definition) is 1. The number of carbonyl (C=O) groups excluding carboxylic acids is 2. The lowest BCUT2D eigenvalue weighted by molar-refractivity contribution is -0.147. The molecule has 0 unspecified atom stereocenters. The van der Waals surface area contributed by atoms with Crippen LogP contribution in [0.15, 0.2) is 18.2 Å². The van der Waals surface area contributed by atoms with Crippen LogP contribution in [0.2, 0.25) is 10.0 Å². The normalized spacial score (nSPS) is 12.6. The van der Waals surface area contributed by atoms with E-state index in [0.29, 0.717) is 32.8 Å². The van der Waals surface area contributed by atoms with Crippen molar-refractivity contribution in [3.05, 3.63) is 44.2 Å². The molecule has 0 bridgehead atoms. The van der Waals surface area contributed by atoms with Gasteiger partial charge in [0, 0.05) is 16.3 Å². The fraction of sp³-hybridized carbons (Fsp3) is 0.381. The van der Waals surface area contributed by atoms with E-state index in [4.69, 9.17) is 32.7 Å². The number of halogens is 2. The number of aryl methyl sites for hydroxylation is 1. The van der Waals surface area contributed by atoms with E-state index < -0.39 is 18.5 Å². The molecule has 1 aliphatic carbocycles. The number of fused-ring (bicyclic) bond motifs is 1. The van der Waals surface area contributed by atoms with Gasteiger partial charge in [0.05, 0.1) is 17.2 Å². The van der Waals surface area contributed by atoms with Crippen LogP contribution in [-0.2, 0) is 27.2 Å². The molecule has 1 N–H and O–H groups in total. The molecular formula is C21H20Cl2N2O4S. The summed E-state index contributed by atoms with van der Waals surface area (Å²) in [4.78, 5) is 25.1. The Bertz CT molecular complexity index is 984. The molecule has 30 heavy (non-hydrogen) atoms. The molecule has 0 spiro atoms. The van der Waals surface area contributed by atoms with Crippen LogP contribution in [0.25, 0.3) is 0 Å². The van der Waals surface area contributed by atoms with Crippen LogP contribution in [0.4, 0.5) is 5.00 Å². The van der Waals surface area contributed by atoms with E-state index in [-0.39, 0.29) is 13.0 Å². The van der Waals surface area contributed by atoms with Crippen molar-refractivity contribution in [1.82, 2.24) is 0 Å². The molecule has 1 amide bonds. The Morgan fingerprint density at radius 1 is 1.23 bits per heavy atom. The van der Waals surface area contributed by atoms with Crippen LogP contribution in [0, 0.1) is 11.3 Å². The molecule has 0 saturated carbocycles. The van der Waals surface area contributed by atoms with Crippen molar-refractivity contribution in [3.63, 3.8) is 0 Å². The van der Waals surface area contributed by atoms with E-state index in [1.165, 1.54) is 11.3 Å². The fourth-order valence-corrected chi connectivity index (χ4v) is 4.86. The van der Waals surface area contributed by atoms with Gasteiger partial charge in [0.25, 0.3) is 5.91 Å². The Balaban J connectivity index is 1.39. The number of anilines is 1. The van der Waals surface area contributed by atoms with Crippen molar-refractivity contribution in [2.45, 2.75) is 38.5 Å². The molecule has 0 atom stereocenters. The van der Waals surface area contributed by atoms with Gasteiger partial charge in [0.1, 0.15) is 16.8 Å². The van der Waals surface area contributed by atoms with Gasteiger partial charge in [0.15, 0.2) is 6.61 Å². The summed E-state index contributed by atoms with van der Waals surface area (Å²) in [6, 6.07) is 7.08. The van der Waals surface area contributed by atoms with Crippen LogP contribution in [-0.4, -0.2) is 25.1 Å². The Hall–Kier alpha value is -2.27. The monoisotopic (exact) mass is 466 g/mol. The Labute approximate surface area is 188 Å². The highest BCUT2D eigenvalue weighted by Gasteiger charge is 2.22. The van der Waals surface area contributed by atoms with Crippen LogP contribution < -0.4 is 10.1 Å². The number of thiophene rings is 1. The minimum Gasteiger partial charge on any atom is -0.492 e. The van der Waals surface area contributed by atoms with Gasteiger partial charge in [-0.25, -0.2) is 0 Å². The summed E-state index contributed by atoms with van der Waals surface area (Å²) in [5.74, 6) is -0.467. The third kappa shape index (κ3) is 5.88. The first-order valence-corrected chi connectivity index (χ1v) is 11.1. The maximum atomic E-state index is 12.1. The maximum Gasteiger partial charge on any atom is 0.306 e. The number of carbonyl (C=O) groups is 2. The van der Waals surface area contributed by atoms with E-state index in [2.05, 4.69) is 11.4 Å². The number of hydrogen-bond acceptors (Lipinski definition) is 6.